The molecule has 1 atom stereocenters. The summed E-state index contributed by atoms with van der Waals surface area (Å²) in [5.41, 5.74) is 0. The summed E-state index contributed by atoms with van der Waals surface area (Å²) in [5, 5.41) is 0. The molecular formula is C12H15NO5S2. The summed E-state index contributed by atoms with van der Waals surface area (Å²) in [7, 11) is -6.35. The van der Waals surface area contributed by atoms with Gasteiger partial charge in [-0.15, -0.1) is 6.42 Å². The second-order valence-electron chi connectivity index (χ2n) is 4.01. The molecule has 0 heterocycles. The van der Waals surface area contributed by atoms with Crippen LogP contribution in [0.4, 0.5) is 0 Å². The molecule has 0 saturated carbocycles. The zero-order valence-electron chi connectivity index (χ0n) is 11.0. The molecule has 1 aromatic rings. The summed E-state index contributed by atoms with van der Waals surface area (Å²) in [4.78, 5) is -0.612. The van der Waals surface area contributed by atoms with Crippen molar-refractivity contribution in [3.8, 4) is 12.3 Å². The number of hydrogen-bond acceptors (Lipinski definition) is 5. The molecule has 1 N–H and O–H groups in total. The largest absolute Gasteiger partial charge is 0.382 e. The highest BCUT2D eigenvalue weighted by atomic mass is 32.2. The van der Waals surface area contributed by atoms with E-state index in [2.05, 4.69) is 10.6 Å². The van der Waals surface area contributed by atoms with Crippen LogP contribution in [0.1, 0.15) is 0 Å². The predicted octanol–water partition coefficient (Wildman–Crippen LogP) is 0.0166. The number of hydrogen-bond donors (Lipinski definition) is 1. The Kier molecular flexibility index (Phi) is 5.30. The van der Waals surface area contributed by atoms with Crippen molar-refractivity contribution in [3.63, 3.8) is 0 Å². The fourth-order valence-corrected chi connectivity index (χ4v) is 4.28. The Morgan fingerprint density at radius 2 is 1.80 bits per heavy atom. The summed E-state index contributed by atoms with van der Waals surface area (Å²) < 4.78 is 54.7. The standard InChI is InChI=1S/C12H15NO5S2/c1-4-10(9-18-2)13-20(16,17)12-8-6-5-7-11(12)19(3,14)15/h1,5-8,10,13H,9H2,2-3H3/t10-/m1/s1. The van der Waals surface area contributed by atoms with Gasteiger partial charge in [-0.1, -0.05) is 18.1 Å². The molecule has 0 aliphatic carbocycles. The molecule has 0 aliphatic rings. The molecule has 0 amide bonds. The molecule has 8 heteroatoms. The maximum absolute atomic E-state index is 12.2. The van der Waals surface area contributed by atoms with Crippen LogP contribution in [0.3, 0.4) is 0 Å². The number of rotatable bonds is 6. The highest BCUT2D eigenvalue weighted by molar-refractivity contribution is 7.93. The highest BCUT2D eigenvalue weighted by Crippen LogP contribution is 2.20. The van der Waals surface area contributed by atoms with E-state index in [4.69, 9.17) is 11.2 Å². The Balaban J connectivity index is 3.28. The Hall–Kier alpha value is -1.40. The number of nitrogens with one attached hydrogen (secondary N) is 1. The minimum Gasteiger partial charge on any atom is -0.382 e. The molecule has 110 valence electrons. The van der Waals surface area contributed by atoms with E-state index in [1.807, 2.05) is 0 Å². The molecule has 0 radical (unpaired) electrons. The van der Waals surface area contributed by atoms with Crippen molar-refractivity contribution in [3.05, 3.63) is 24.3 Å². The predicted molar refractivity (Wildman–Crippen MR) is 74.4 cm³/mol. The average molecular weight is 317 g/mol. The Bertz CT molecular complexity index is 716. The first kappa shape index (κ1) is 16.7. The van der Waals surface area contributed by atoms with Crippen molar-refractivity contribution in [1.29, 1.82) is 0 Å². The van der Waals surface area contributed by atoms with Crippen LogP contribution in [-0.4, -0.2) is 42.8 Å². The van der Waals surface area contributed by atoms with Crippen molar-refractivity contribution >= 4 is 19.9 Å². The van der Waals surface area contributed by atoms with E-state index >= 15 is 0 Å². The number of sulfone groups is 1. The first-order chi connectivity index (χ1) is 9.22. The van der Waals surface area contributed by atoms with Crippen LogP contribution < -0.4 is 4.72 Å². The van der Waals surface area contributed by atoms with Gasteiger partial charge in [-0.2, -0.15) is 4.72 Å². The van der Waals surface area contributed by atoms with Gasteiger partial charge in [0.05, 0.1) is 11.5 Å². The van der Waals surface area contributed by atoms with Crippen LogP contribution in [-0.2, 0) is 24.6 Å². The van der Waals surface area contributed by atoms with Crippen LogP contribution in [0.15, 0.2) is 34.1 Å². The Morgan fingerprint density at radius 1 is 1.25 bits per heavy atom. The first-order valence-electron chi connectivity index (χ1n) is 5.49. The van der Waals surface area contributed by atoms with Crippen molar-refractivity contribution in [2.24, 2.45) is 0 Å². The molecule has 1 aromatic carbocycles. The number of terminal acetylenes is 1. The molecule has 0 aromatic heterocycles. The van der Waals surface area contributed by atoms with Gasteiger partial charge < -0.3 is 4.74 Å². The lowest BCUT2D eigenvalue weighted by molar-refractivity contribution is 0.190. The molecule has 0 fully saturated rings. The molecule has 0 unspecified atom stereocenters. The monoisotopic (exact) mass is 317 g/mol. The minimum atomic E-state index is -4.06. The van der Waals surface area contributed by atoms with Gasteiger partial charge in [0, 0.05) is 13.4 Å². The summed E-state index contributed by atoms with van der Waals surface area (Å²) in [6.07, 6.45) is 6.13. The molecule has 0 aliphatic heterocycles. The Morgan fingerprint density at radius 3 is 2.25 bits per heavy atom. The molecule has 1 rings (SSSR count). The summed E-state index contributed by atoms with van der Waals surface area (Å²) >= 11 is 0. The minimum absolute atomic E-state index is 0.0171. The lowest BCUT2D eigenvalue weighted by Gasteiger charge is -2.14. The van der Waals surface area contributed by atoms with Crippen molar-refractivity contribution in [2.45, 2.75) is 15.8 Å². The van der Waals surface area contributed by atoms with Gasteiger partial charge in [0.1, 0.15) is 10.9 Å². The number of sulfonamides is 1. The molecule has 0 spiro atoms. The topological polar surface area (TPSA) is 89.5 Å². The maximum Gasteiger partial charge on any atom is 0.243 e. The quantitative estimate of drug-likeness (QED) is 0.747. The van der Waals surface area contributed by atoms with Gasteiger partial charge in [0.25, 0.3) is 0 Å². The molecule has 20 heavy (non-hydrogen) atoms. The lowest BCUT2D eigenvalue weighted by Crippen LogP contribution is -2.37. The fourth-order valence-electron chi connectivity index (χ4n) is 1.51. The first-order valence-corrected chi connectivity index (χ1v) is 8.86. The zero-order valence-corrected chi connectivity index (χ0v) is 12.7. The van der Waals surface area contributed by atoms with Crippen LogP contribution in [0, 0.1) is 12.3 Å². The summed E-state index contributed by atoms with van der Waals surface area (Å²) in [6.45, 7) is -0.0171. The van der Waals surface area contributed by atoms with E-state index in [9.17, 15) is 16.8 Å². The van der Waals surface area contributed by atoms with E-state index in [1.54, 1.807) is 0 Å². The van der Waals surface area contributed by atoms with E-state index in [0.717, 1.165) is 6.26 Å². The van der Waals surface area contributed by atoms with Crippen molar-refractivity contribution < 1.29 is 21.6 Å². The van der Waals surface area contributed by atoms with E-state index in [-0.39, 0.29) is 16.4 Å². The van der Waals surface area contributed by atoms with E-state index in [1.165, 1.54) is 31.4 Å². The normalized spacial score (nSPS) is 13.7. The summed E-state index contributed by atoms with van der Waals surface area (Å²) in [6, 6.07) is 4.44. The lowest BCUT2D eigenvalue weighted by atomic mass is 10.4. The number of ether oxygens (including phenoxy) is 1. The van der Waals surface area contributed by atoms with Crippen LogP contribution >= 0.6 is 0 Å². The van der Waals surface area contributed by atoms with E-state index in [0.29, 0.717) is 0 Å². The second kappa shape index (κ2) is 6.37. The van der Waals surface area contributed by atoms with Gasteiger partial charge in [-0.05, 0) is 12.1 Å². The zero-order chi connectivity index (χ0) is 15.4. The van der Waals surface area contributed by atoms with Crippen molar-refractivity contribution in [1.82, 2.24) is 4.72 Å². The molecule has 6 nitrogen and oxygen atoms in total. The SMILES string of the molecule is C#C[C@H](COC)NS(=O)(=O)c1ccccc1S(C)(=O)=O. The van der Waals surface area contributed by atoms with Crippen LogP contribution in [0.2, 0.25) is 0 Å². The maximum atomic E-state index is 12.2. The number of methoxy groups -OCH3 is 1. The second-order valence-corrected chi connectivity index (χ2v) is 7.68. The summed E-state index contributed by atoms with van der Waals surface area (Å²) in [5.74, 6) is 2.22. The van der Waals surface area contributed by atoms with Gasteiger partial charge in [0.2, 0.25) is 10.0 Å². The van der Waals surface area contributed by atoms with Gasteiger partial charge in [0.15, 0.2) is 9.84 Å². The van der Waals surface area contributed by atoms with Crippen LogP contribution in [0.5, 0.6) is 0 Å². The smallest absolute Gasteiger partial charge is 0.243 e. The molecule has 0 saturated heterocycles. The van der Waals surface area contributed by atoms with Crippen molar-refractivity contribution in [2.75, 3.05) is 20.0 Å². The van der Waals surface area contributed by atoms with Crippen LogP contribution in [0.25, 0.3) is 0 Å². The molecule has 0 bridgehead atoms. The highest BCUT2D eigenvalue weighted by Gasteiger charge is 2.25. The van der Waals surface area contributed by atoms with E-state index < -0.39 is 25.9 Å². The number of benzene rings is 1. The fraction of sp³-hybridized carbons (Fsp3) is 0.333. The average Bonchev–Trinajstić information content (AvgIpc) is 2.37. The molecular weight excluding hydrogens is 302 g/mol. The third-order valence-electron chi connectivity index (χ3n) is 2.37. The third kappa shape index (κ3) is 4.05. The van der Waals surface area contributed by atoms with Gasteiger partial charge >= 0.3 is 0 Å². The third-order valence-corrected chi connectivity index (χ3v) is 5.18. The van der Waals surface area contributed by atoms with Gasteiger partial charge in [-0.3, -0.25) is 0 Å². The Labute approximate surface area is 119 Å². The van der Waals surface area contributed by atoms with Gasteiger partial charge in [-0.25, -0.2) is 16.8 Å².